The van der Waals surface area contributed by atoms with E-state index in [2.05, 4.69) is 33.4 Å². The Morgan fingerprint density at radius 2 is 2.22 bits per heavy atom. The zero-order valence-electron chi connectivity index (χ0n) is 10.00. The smallest absolute Gasteiger partial charge is 0.213 e. The molecule has 2 heterocycles. The molecule has 0 fully saturated rings. The lowest BCUT2D eigenvalue weighted by Crippen LogP contribution is -2.16. The lowest BCUT2D eigenvalue weighted by atomic mass is 10.3. The molecule has 1 N–H and O–H groups in total. The lowest BCUT2D eigenvalue weighted by molar-refractivity contribution is 0.663. The summed E-state index contributed by atoms with van der Waals surface area (Å²) in [6, 6.07) is 8.09. The molecule has 0 radical (unpaired) electrons. The van der Waals surface area contributed by atoms with Gasteiger partial charge >= 0.3 is 0 Å². The van der Waals surface area contributed by atoms with Gasteiger partial charge in [-0.05, 0) is 18.7 Å². The van der Waals surface area contributed by atoms with Crippen LogP contribution in [0, 0.1) is 0 Å². The first-order valence-electron chi connectivity index (χ1n) is 5.84. The second-order valence-corrected chi connectivity index (χ2v) is 4.84. The van der Waals surface area contributed by atoms with Gasteiger partial charge in [0.05, 0.1) is 16.8 Å². The van der Waals surface area contributed by atoms with Crippen molar-refractivity contribution in [1.29, 1.82) is 0 Å². The van der Waals surface area contributed by atoms with Gasteiger partial charge in [-0.15, -0.1) is 0 Å². The number of benzene rings is 1. The quantitative estimate of drug-likeness (QED) is 0.778. The molecule has 0 unspecified atom stereocenters. The molecule has 0 amide bonds. The highest BCUT2D eigenvalue weighted by Gasteiger charge is 2.10. The van der Waals surface area contributed by atoms with Gasteiger partial charge < -0.3 is 5.32 Å². The fourth-order valence-corrected chi connectivity index (χ4v) is 2.68. The SMILES string of the molecule is CCNCc1ncnn1-c1nc2ccccc2s1. The fraction of sp³-hybridized carbons (Fsp3) is 0.250. The first kappa shape index (κ1) is 11.3. The van der Waals surface area contributed by atoms with Gasteiger partial charge in [-0.1, -0.05) is 30.4 Å². The molecular formula is C12H13N5S. The number of nitrogens with one attached hydrogen (secondary N) is 1. The molecule has 0 atom stereocenters. The predicted octanol–water partition coefficient (Wildman–Crippen LogP) is 1.99. The van der Waals surface area contributed by atoms with Crippen molar-refractivity contribution in [1.82, 2.24) is 25.1 Å². The Kier molecular flexibility index (Phi) is 3.04. The van der Waals surface area contributed by atoms with Crippen molar-refractivity contribution in [3.05, 3.63) is 36.4 Å². The van der Waals surface area contributed by atoms with Gasteiger partial charge in [0.2, 0.25) is 5.13 Å². The van der Waals surface area contributed by atoms with Crippen LogP contribution in [0.3, 0.4) is 0 Å². The second kappa shape index (κ2) is 4.83. The van der Waals surface area contributed by atoms with Crippen molar-refractivity contribution < 1.29 is 0 Å². The third-order valence-corrected chi connectivity index (χ3v) is 3.63. The Balaban J connectivity index is 2.01. The van der Waals surface area contributed by atoms with E-state index in [0.717, 1.165) is 27.7 Å². The molecule has 6 heteroatoms. The zero-order valence-corrected chi connectivity index (χ0v) is 10.8. The zero-order chi connectivity index (χ0) is 12.4. The third kappa shape index (κ3) is 2.00. The maximum absolute atomic E-state index is 4.58. The van der Waals surface area contributed by atoms with Crippen LogP contribution in [0.4, 0.5) is 0 Å². The summed E-state index contributed by atoms with van der Waals surface area (Å²) in [7, 11) is 0. The van der Waals surface area contributed by atoms with Crippen LogP contribution in [0.15, 0.2) is 30.6 Å². The number of hydrogen-bond donors (Lipinski definition) is 1. The normalized spacial score (nSPS) is 11.2. The maximum atomic E-state index is 4.58. The minimum atomic E-state index is 0.701. The van der Waals surface area contributed by atoms with Gasteiger partial charge in [-0.2, -0.15) is 9.78 Å². The minimum absolute atomic E-state index is 0.701. The predicted molar refractivity (Wildman–Crippen MR) is 71.9 cm³/mol. The Hall–Kier alpha value is -1.79. The Morgan fingerprint density at radius 3 is 3.06 bits per heavy atom. The van der Waals surface area contributed by atoms with Crippen LogP contribution < -0.4 is 5.32 Å². The summed E-state index contributed by atoms with van der Waals surface area (Å²) in [4.78, 5) is 8.83. The molecule has 1 aromatic carbocycles. The second-order valence-electron chi connectivity index (χ2n) is 3.83. The molecule has 5 nitrogen and oxygen atoms in total. The van der Waals surface area contributed by atoms with E-state index in [-0.39, 0.29) is 0 Å². The molecule has 0 saturated carbocycles. The van der Waals surface area contributed by atoms with Gasteiger partial charge in [-0.25, -0.2) is 9.97 Å². The van der Waals surface area contributed by atoms with E-state index < -0.39 is 0 Å². The Labute approximate surface area is 109 Å². The number of hydrogen-bond acceptors (Lipinski definition) is 5. The summed E-state index contributed by atoms with van der Waals surface area (Å²) in [5.41, 5.74) is 1.00. The molecule has 18 heavy (non-hydrogen) atoms. The van der Waals surface area contributed by atoms with Crippen molar-refractivity contribution in [3.63, 3.8) is 0 Å². The van der Waals surface area contributed by atoms with Crippen LogP contribution in [0.2, 0.25) is 0 Å². The topological polar surface area (TPSA) is 55.6 Å². The summed E-state index contributed by atoms with van der Waals surface area (Å²) in [5, 5.41) is 8.36. The molecule has 0 aliphatic heterocycles. The highest BCUT2D eigenvalue weighted by Crippen LogP contribution is 2.24. The molecule has 0 bridgehead atoms. The molecule has 0 aliphatic carbocycles. The Morgan fingerprint density at radius 1 is 1.33 bits per heavy atom. The highest BCUT2D eigenvalue weighted by molar-refractivity contribution is 7.20. The van der Waals surface area contributed by atoms with Crippen LogP contribution in [-0.4, -0.2) is 26.3 Å². The number of para-hydroxylation sites is 1. The van der Waals surface area contributed by atoms with Gasteiger partial charge in [0.15, 0.2) is 0 Å². The van der Waals surface area contributed by atoms with Crippen LogP contribution in [0.5, 0.6) is 0 Å². The van der Waals surface area contributed by atoms with E-state index >= 15 is 0 Å². The number of rotatable bonds is 4. The molecule has 0 aliphatic rings. The van der Waals surface area contributed by atoms with Crippen molar-refractivity contribution in [3.8, 4) is 5.13 Å². The maximum Gasteiger partial charge on any atom is 0.213 e. The van der Waals surface area contributed by atoms with Gasteiger partial charge in [0, 0.05) is 0 Å². The Bertz CT molecular complexity index is 624. The standard InChI is InChI=1S/C12H13N5S/c1-2-13-7-11-14-8-15-17(11)12-16-9-5-3-4-6-10(9)18-12/h3-6,8,13H,2,7H2,1H3. The van der Waals surface area contributed by atoms with Crippen molar-refractivity contribution >= 4 is 21.6 Å². The lowest BCUT2D eigenvalue weighted by Gasteiger charge is -2.01. The summed E-state index contributed by atoms with van der Waals surface area (Å²) in [6.07, 6.45) is 1.57. The van der Waals surface area contributed by atoms with Gasteiger partial charge in [0.1, 0.15) is 12.2 Å². The van der Waals surface area contributed by atoms with E-state index in [9.17, 15) is 0 Å². The summed E-state index contributed by atoms with van der Waals surface area (Å²) >= 11 is 1.62. The van der Waals surface area contributed by atoms with E-state index in [0.29, 0.717) is 6.54 Å². The van der Waals surface area contributed by atoms with Crippen molar-refractivity contribution in [2.75, 3.05) is 6.54 Å². The number of fused-ring (bicyclic) bond motifs is 1. The molecule has 0 spiro atoms. The van der Waals surface area contributed by atoms with Crippen LogP contribution in [0.1, 0.15) is 12.7 Å². The molecule has 92 valence electrons. The van der Waals surface area contributed by atoms with Crippen LogP contribution in [-0.2, 0) is 6.54 Å². The van der Waals surface area contributed by atoms with Crippen molar-refractivity contribution in [2.45, 2.75) is 13.5 Å². The first-order chi connectivity index (χ1) is 8.88. The molecule has 3 rings (SSSR count). The van der Waals surface area contributed by atoms with E-state index in [1.165, 1.54) is 0 Å². The fourth-order valence-electron chi connectivity index (χ4n) is 1.73. The summed E-state index contributed by atoms with van der Waals surface area (Å²) in [6.45, 7) is 3.68. The number of aromatic nitrogens is 4. The van der Waals surface area contributed by atoms with Gasteiger partial charge in [0.25, 0.3) is 0 Å². The van der Waals surface area contributed by atoms with Crippen LogP contribution >= 0.6 is 11.3 Å². The molecule has 3 aromatic rings. The minimum Gasteiger partial charge on any atom is -0.310 e. The highest BCUT2D eigenvalue weighted by atomic mass is 32.1. The van der Waals surface area contributed by atoms with Crippen LogP contribution in [0.25, 0.3) is 15.3 Å². The number of nitrogens with zero attached hydrogens (tertiary/aromatic N) is 4. The largest absolute Gasteiger partial charge is 0.310 e. The molecular weight excluding hydrogens is 246 g/mol. The third-order valence-electron chi connectivity index (χ3n) is 2.62. The van der Waals surface area contributed by atoms with E-state index in [1.54, 1.807) is 22.3 Å². The molecule has 0 saturated heterocycles. The monoisotopic (exact) mass is 259 g/mol. The van der Waals surface area contributed by atoms with E-state index in [1.807, 2.05) is 18.2 Å². The average Bonchev–Trinajstić information content (AvgIpc) is 3.01. The van der Waals surface area contributed by atoms with E-state index in [4.69, 9.17) is 0 Å². The van der Waals surface area contributed by atoms with Crippen molar-refractivity contribution in [2.24, 2.45) is 0 Å². The summed E-state index contributed by atoms with van der Waals surface area (Å²) in [5.74, 6) is 0.885. The first-order valence-corrected chi connectivity index (χ1v) is 6.65. The number of thiazole rings is 1. The molecule has 2 aromatic heterocycles. The van der Waals surface area contributed by atoms with Gasteiger partial charge in [-0.3, -0.25) is 0 Å². The average molecular weight is 259 g/mol. The summed E-state index contributed by atoms with van der Waals surface area (Å²) < 4.78 is 2.96.